The zero-order valence-electron chi connectivity index (χ0n) is 12.2. The average Bonchev–Trinajstić information content (AvgIpc) is 2.49. The molecule has 0 saturated heterocycles. The first-order chi connectivity index (χ1) is 9.88. The van der Waals surface area contributed by atoms with E-state index in [1.165, 1.54) is 19.3 Å². The van der Waals surface area contributed by atoms with Crippen LogP contribution in [0.4, 0.5) is 11.4 Å². The molecule has 2 N–H and O–H groups in total. The molecule has 0 aliphatic carbocycles. The molecule has 2 nitrogen and oxygen atoms in total. The third-order valence-electron chi connectivity index (χ3n) is 3.33. The molecule has 0 amide bonds. The normalized spacial score (nSPS) is 10.5. The topological polar surface area (TPSA) is 24.1 Å². The molecule has 2 rings (SSSR count). The highest BCUT2D eigenvalue weighted by Crippen LogP contribution is 2.15. The first-order valence-electron chi connectivity index (χ1n) is 7.51. The van der Waals surface area contributed by atoms with Gasteiger partial charge in [-0.3, -0.25) is 0 Å². The fraction of sp³-hybridized carbons (Fsp3) is 0.333. The van der Waals surface area contributed by atoms with Crippen molar-refractivity contribution in [2.24, 2.45) is 0 Å². The lowest BCUT2D eigenvalue weighted by Crippen LogP contribution is -2.28. The van der Waals surface area contributed by atoms with Gasteiger partial charge in [0.2, 0.25) is 0 Å². The Balaban J connectivity index is 1.96. The van der Waals surface area contributed by atoms with Crippen LogP contribution in [-0.4, -0.2) is 6.17 Å². The number of rotatable bonds is 8. The molecule has 2 aromatic carbocycles. The van der Waals surface area contributed by atoms with Crippen LogP contribution in [0, 0.1) is 0 Å². The largest absolute Gasteiger partial charge is 0.365 e. The predicted octanol–water partition coefficient (Wildman–Crippen LogP) is 5.12. The molecule has 0 aromatic heterocycles. The van der Waals surface area contributed by atoms with Gasteiger partial charge in [-0.2, -0.15) is 0 Å². The SMILES string of the molecule is CCCCCC(Nc1ccccc1)Nc1ccccc1. The Morgan fingerprint density at radius 3 is 1.70 bits per heavy atom. The van der Waals surface area contributed by atoms with Crippen LogP contribution in [0.2, 0.25) is 0 Å². The monoisotopic (exact) mass is 268 g/mol. The minimum atomic E-state index is 0.270. The first kappa shape index (κ1) is 14.4. The van der Waals surface area contributed by atoms with E-state index in [2.05, 4.69) is 66.1 Å². The molecule has 0 fully saturated rings. The zero-order chi connectivity index (χ0) is 14.0. The van der Waals surface area contributed by atoms with Crippen molar-refractivity contribution in [3.05, 3.63) is 60.7 Å². The highest BCUT2D eigenvalue weighted by Gasteiger charge is 2.07. The van der Waals surface area contributed by atoms with Gasteiger partial charge in [0.25, 0.3) is 0 Å². The molecule has 2 heteroatoms. The molecule has 0 saturated carbocycles. The third-order valence-corrected chi connectivity index (χ3v) is 3.33. The van der Waals surface area contributed by atoms with Gasteiger partial charge < -0.3 is 10.6 Å². The summed E-state index contributed by atoms with van der Waals surface area (Å²) in [4.78, 5) is 0. The summed E-state index contributed by atoms with van der Waals surface area (Å²) in [7, 11) is 0. The Hall–Kier alpha value is -1.96. The summed E-state index contributed by atoms with van der Waals surface area (Å²) < 4.78 is 0. The lowest BCUT2D eigenvalue weighted by Gasteiger charge is -2.22. The molecular weight excluding hydrogens is 244 g/mol. The maximum Gasteiger partial charge on any atom is 0.0963 e. The maximum atomic E-state index is 3.58. The van der Waals surface area contributed by atoms with Crippen LogP contribution in [0.5, 0.6) is 0 Å². The number of nitrogens with one attached hydrogen (secondary N) is 2. The van der Waals surface area contributed by atoms with Crippen molar-refractivity contribution in [2.45, 2.75) is 38.8 Å². The Morgan fingerprint density at radius 1 is 0.750 bits per heavy atom. The second-order valence-electron chi connectivity index (χ2n) is 5.07. The quantitative estimate of drug-likeness (QED) is 0.513. The van der Waals surface area contributed by atoms with Gasteiger partial charge in [-0.05, 0) is 37.1 Å². The van der Waals surface area contributed by atoms with Crippen molar-refractivity contribution in [3.63, 3.8) is 0 Å². The fourth-order valence-electron chi connectivity index (χ4n) is 2.25. The molecule has 0 bridgehead atoms. The van der Waals surface area contributed by atoms with E-state index in [-0.39, 0.29) is 6.17 Å². The summed E-state index contributed by atoms with van der Waals surface area (Å²) in [5, 5.41) is 7.15. The van der Waals surface area contributed by atoms with E-state index in [0.717, 1.165) is 17.8 Å². The van der Waals surface area contributed by atoms with Crippen molar-refractivity contribution in [1.29, 1.82) is 0 Å². The molecule has 106 valence electrons. The van der Waals surface area contributed by atoms with E-state index < -0.39 is 0 Å². The van der Waals surface area contributed by atoms with E-state index in [1.807, 2.05) is 12.1 Å². The second kappa shape index (κ2) is 8.26. The van der Waals surface area contributed by atoms with Crippen LogP contribution in [0.15, 0.2) is 60.7 Å². The van der Waals surface area contributed by atoms with Gasteiger partial charge in [-0.1, -0.05) is 56.2 Å². The molecule has 2 aromatic rings. The van der Waals surface area contributed by atoms with Gasteiger partial charge in [0.05, 0.1) is 6.17 Å². The molecule has 0 aliphatic heterocycles. The Labute approximate surface area is 122 Å². The lowest BCUT2D eigenvalue weighted by molar-refractivity contribution is 0.622. The van der Waals surface area contributed by atoms with Crippen LogP contribution in [-0.2, 0) is 0 Å². The number of unbranched alkanes of at least 4 members (excludes halogenated alkanes) is 2. The summed E-state index contributed by atoms with van der Waals surface area (Å²) in [5.74, 6) is 0. The van der Waals surface area contributed by atoms with Gasteiger partial charge in [0.15, 0.2) is 0 Å². The highest BCUT2D eigenvalue weighted by molar-refractivity contribution is 5.48. The zero-order valence-corrected chi connectivity index (χ0v) is 12.2. The fourth-order valence-corrected chi connectivity index (χ4v) is 2.25. The van der Waals surface area contributed by atoms with E-state index in [0.29, 0.717) is 0 Å². The Kier molecular flexibility index (Phi) is 5.97. The molecule has 0 atom stereocenters. The van der Waals surface area contributed by atoms with Crippen LogP contribution in [0.25, 0.3) is 0 Å². The molecule has 0 unspecified atom stereocenters. The Morgan fingerprint density at radius 2 is 1.25 bits per heavy atom. The summed E-state index contributed by atoms with van der Waals surface area (Å²) in [6.07, 6.45) is 5.16. The summed E-state index contributed by atoms with van der Waals surface area (Å²) in [6.45, 7) is 2.24. The predicted molar refractivity (Wildman–Crippen MR) is 88.1 cm³/mol. The first-order valence-corrected chi connectivity index (χ1v) is 7.51. The van der Waals surface area contributed by atoms with Gasteiger partial charge in [-0.25, -0.2) is 0 Å². The minimum Gasteiger partial charge on any atom is -0.365 e. The van der Waals surface area contributed by atoms with Crippen molar-refractivity contribution in [2.75, 3.05) is 10.6 Å². The van der Waals surface area contributed by atoms with Gasteiger partial charge in [0.1, 0.15) is 0 Å². The number of benzene rings is 2. The van der Waals surface area contributed by atoms with Crippen molar-refractivity contribution in [3.8, 4) is 0 Å². The van der Waals surface area contributed by atoms with Crippen LogP contribution < -0.4 is 10.6 Å². The molecular formula is C18H24N2. The number of hydrogen-bond acceptors (Lipinski definition) is 2. The van der Waals surface area contributed by atoms with Crippen LogP contribution in [0.3, 0.4) is 0 Å². The Bertz CT molecular complexity index is 426. The highest BCUT2D eigenvalue weighted by atomic mass is 15.1. The molecule has 0 aliphatic rings. The summed E-state index contributed by atoms with van der Waals surface area (Å²) in [6, 6.07) is 20.8. The van der Waals surface area contributed by atoms with Crippen LogP contribution in [0.1, 0.15) is 32.6 Å². The number of para-hydroxylation sites is 2. The average molecular weight is 268 g/mol. The van der Waals surface area contributed by atoms with E-state index in [9.17, 15) is 0 Å². The second-order valence-corrected chi connectivity index (χ2v) is 5.07. The number of anilines is 2. The minimum absolute atomic E-state index is 0.270. The molecule has 0 heterocycles. The van der Waals surface area contributed by atoms with Crippen LogP contribution >= 0.6 is 0 Å². The van der Waals surface area contributed by atoms with Gasteiger partial charge in [0, 0.05) is 11.4 Å². The van der Waals surface area contributed by atoms with E-state index in [4.69, 9.17) is 0 Å². The van der Waals surface area contributed by atoms with E-state index >= 15 is 0 Å². The maximum absolute atomic E-state index is 3.58. The van der Waals surface area contributed by atoms with Crippen molar-refractivity contribution in [1.82, 2.24) is 0 Å². The van der Waals surface area contributed by atoms with Crippen molar-refractivity contribution >= 4 is 11.4 Å². The summed E-state index contributed by atoms with van der Waals surface area (Å²) in [5.41, 5.74) is 2.33. The molecule has 0 spiro atoms. The van der Waals surface area contributed by atoms with E-state index in [1.54, 1.807) is 0 Å². The number of hydrogen-bond donors (Lipinski definition) is 2. The standard InChI is InChI=1S/C18H24N2/c1-2-3-6-15-18(19-16-11-7-4-8-12-16)20-17-13-9-5-10-14-17/h4-5,7-14,18-20H,2-3,6,15H2,1H3. The third kappa shape index (κ3) is 4.96. The smallest absolute Gasteiger partial charge is 0.0963 e. The molecule has 0 radical (unpaired) electrons. The molecule has 20 heavy (non-hydrogen) atoms. The van der Waals surface area contributed by atoms with Gasteiger partial charge >= 0.3 is 0 Å². The van der Waals surface area contributed by atoms with Gasteiger partial charge in [-0.15, -0.1) is 0 Å². The lowest BCUT2D eigenvalue weighted by atomic mass is 10.1. The van der Waals surface area contributed by atoms with Crippen molar-refractivity contribution < 1.29 is 0 Å². The summed E-state index contributed by atoms with van der Waals surface area (Å²) >= 11 is 0.